The number of β-lactam (4-membered cyclic amide) rings is 1. The Morgan fingerprint density at radius 1 is 1.31 bits per heavy atom. The molecule has 2 unspecified atom stereocenters. The fraction of sp³-hybridized carbons (Fsp3) is 0.750. The van der Waals surface area contributed by atoms with Crippen molar-refractivity contribution in [2.45, 2.75) is 49.7 Å². The molecule has 180 valence electrons. The van der Waals surface area contributed by atoms with Crippen LogP contribution < -0.4 is 10.6 Å². The number of carboxylic acids is 1. The molecule has 32 heavy (non-hydrogen) atoms. The summed E-state index contributed by atoms with van der Waals surface area (Å²) in [4.78, 5) is 41.1. The number of hydrogen-bond donors (Lipinski definition) is 5. The highest BCUT2D eigenvalue weighted by atomic mass is 35.5. The molecule has 3 fully saturated rings. The SMILES string of the molecule is CC(O)[C@H]1C(=O)N2C(C(=O)O)=C(S[C@@H]3CN[C@H](C(=O)N4CCNCC4CO)C3)[C@H](C)[C@H]12.Cl. The van der Waals surface area contributed by atoms with Crippen molar-refractivity contribution in [1.29, 1.82) is 0 Å². The molecule has 0 aromatic heterocycles. The molecule has 0 aromatic rings. The standard InChI is InChI=1S/C20H30N4O6S.ClH/c1-9-15-14(10(2)26)19(28)24(15)16(20(29)30)17(9)31-12-5-13(22-7-12)18(27)23-4-3-21-6-11(23)8-25;/h9-15,21-22,25-26H,3-8H2,1-2H3,(H,29,30);1H/t9-,10?,11?,12+,13+,14-,15-;/m1./s1. The van der Waals surface area contributed by atoms with Crippen LogP contribution in [0.5, 0.6) is 0 Å². The molecular formula is C20H31ClN4O6S. The van der Waals surface area contributed by atoms with E-state index in [1.54, 1.807) is 11.8 Å². The predicted octanol–water partition coefficient (Wildman–Crippen LogP) is -1.18. The minimum absolute atomic E-state index is 0. The van der Waals surface area contributed by atoms with E-state index in [9.17, 15) is 29.7 Å². The second-order valence-electron chi connectivity index (χ2n) is 8.78. The molecule has 0 radical (unpaired) electrons. The highest BCUT2D eigenvalue weighted by Crippen LogP contribution is 2.51. The molecule has 0 bridgehead atoms. The third-order valence-electron chi connectivity index (χ3n) is 6.84. The number of rotatable bonds is 6. The number of carboxylic acid groups (broad SMARTS) is 1. The first-order valence-corrected chi connectivity index (χ1v) is 11.6. The molecule has 4 aliphatic heterocycles. The van der Waals surface area contributed by atoms with Gasteiger partial charge in [-0.3, -0.25) is 9.59 Å². The summed E-state index contributed by atoms with van der Waals surface area (Å²) in [7, 11) is 0. The van der Waals surface area contributed by atoms with Crippen LogP contribution in [-0.2, 0) is 14.4 Å². The third-order valence-corrected chi connectivity index (χ3v) is 8.35. The van der Waals surface area contributed by atoms with Crippen LogP contribution in [0.15, 0.2) is 10.6 Å². The van der Waals surface area contributed by atoms with Crippen molar-refractivity contribution in [1.82, 2.24) is 20.4 Å². The molecule has 4 rings (SSSR count). The van der Waals surface area contributed by atoms with E-state index >= 15 is 0 Å². The highest BCUT2D eigenvalue weighted by molar-refractivity contribution is 8.03. The number of hydrogen-bond acceptors (Lipinski definition) is 8. The second kappa shape index (κ2) is 9.86. The van der Waals surface area contributed by atoms with Gasteiger partial charge in [0.25, 0.3) is 0 Å². The van der Waals surface area contributed by atoms with Gasteiger partial charge in [0.05, 0.1) is 36.8 Å². The van der Waals surface area contributed by atoms with Crippen LogP contribution in [-0.4, -0.2) is 105 Å². The summed E-state index contributed by atoms with van der Waals surface area (Å²) in [5.74, 6) is -2.29. The normalized spacial score (nSPS) is 35.3. The number of amides is 2. The number of nitrogens with zero attached hydrogens (tertiary/aromatic N) is 2. The maximum absolute atomic E-state index is 13.0. The topological polar surface area (TPSA) is 142 Å². The van der Waals surface area contributed by atoms with Crippen molar-refractivity contribution in [2.24, 2.45) is 11.8 Å². The molecule has 0 aliphatic carbocycles. The number of carbonyl (C=O) groups excluding carboxylic acids is 2. The van der Waals surface area contributed by atoms with Crippen molar-refractivity contribution in [2.75, 3.05) is 32.8 Å². The number of halogens is 1. The number of carbonyl (C=O) groups is 3. The Labute approximate surface area is 197 Å². The molecule has 0 saturated carbocycles. The molecule has 12 heteroatoms. The van der Waals surface area contributed by atoms with E-state index in [1.165, 1.54) is 16.7 Å². The Balaban J connectivity index is 0.00000289. The van der Waals surface area contributed by atoms with Gasteiger partial charge >= 0.3 is 5.97 Å². The molecular weight excluding hydrogens is 460 g/mol. The Kier molecular flexibility index (Phi) is 7.78. The smallest absolute Gasteiger partial charge is 0.353 e. The molecule has 4 heterocycles. The molecule has 0 aromatic carbocycles. The predicted molar refractivity (Wildman–Crippen MR) is 120 cm³/mol. The first-order valence-electron chi connectivity index (χ1n) is 10.8. The molecule has 0 spiro atoms. The molecule has 3 saturated heterocycles. The Bertz CT molecular complexity index is 811. The van der Waals surface area contributed by atoms with Crippen molar-refractivity contribution >= 4 is 42.0 Å². The molecule has 4 aliphatic rings. The van der Waals surface area contributed by atoms with Crippen molar-refractivity contribution in [3.8, 4) is 0 Å². The molecule has 7 atom stereocenters. The number of fused-ring (bicyclic) bond motifs is 1. The third kappa shape index (κ3) is 4.14. The highest BCUT2D eigenvalue weighted by Gasteiger charge is 2.60. The van der Waals surface area contributed by atoms with Gasteiger partial charge in [0.1, 0.15) is 5.70 Å². The zero-order valence-corrected chi connectivity index (χ0v) is 19.7. The van der Waals surface area contributed by atoms with E-state index in [1.807, 2.05) is 6.92 Å². The first kappa shape index (κ1) is 25.3. The zero-order valence-electron chi connectivity index (χ0n) is 18.1. The maximum Gasteiger partial charge on any atom is 0.353 e. The molecule has 10 nitrogen and oxygen atoms in total. The minimum atomic E-state index is -1.14. The first-order chi connectivity index (χ1) is 14.8. The summed E-state index contributed by atoms with van der Waals surface area (Å²) in [5, 5.41) is 35.7. The number of nitrogens with one attached hydrogen (secondary N) is 2. The summed E-state index contributed by atoms with van der Waals surface area (Å²) in [6, 6.07) is -0.948. The Hall–Kier alpha value is -1.37. The minimum Gasteiger partial charge on any atom is -0.477 e. The summed E-state index contributed by atoms with van der Waals surface area (Å²) >= 11 is 1.43. The number of piperazine rings is 1. The zero-order chi connectivity index (χ0) is 22.4. The van der Waals surface area contributed by atoms with Crippen LogP contribution in [0.25, 0.3) is 0 Å². The van der Waals surface area contributed by atoms with Gasteiger partial charge in [-0.15, -0.1) is 24.2 Å². The van der Waals surface area contributed by atoms with Gasteiger partial charge in [-0.2, -0.15) is 0 Å². The van der Waals surface area contributed by atoms with E-state index in [-0.39, 0.29) is 65.8 Å². The van der Waals surface area contributed by atoms with Crippen LogP contribution in [0.2, 0.25) is 0 Å². The lowest BCUT2D eigenvalue weighted by molar-refractivity contribution is -0.163. The second-order valence-corrected chi connectivity index (χ2v) is 10.1. The Morgan fingerprint density at radius 2 is 2.03 bits per heavy atom. The quantitative estimate of drug-likeness (QED) is 0.291. The van der Waals surface area contributed by atoms with Gasteiger partial charge in [-0.25, -0.2) is 4.79 Å². The van der Waals surface area contributed by atoms with Crippen LogP contribution in [0, 0.1) is 11.8 Å². The van der Waals surface area contributed by atoms with Crippen LogP contribution >= 0.6 is 24.2 Å². The van der Waals surface area contributed by atoms with Crippen LogP contribution in [0.4, 0.5) is 0 Å². The van der Waals surface area contributed by atoms with Gasteiger partial charge in [0, 0.05) is 42.3 Å². The lowest BCUT2D eigenvalue weighted by Gasteiger charge is -2.46. The summed E-state index contributed by atoms with van der Waals surface area (Å²) < 4.78 is 0. The largest absolute Gasteiger partial charge is 0.477 e. The van der Waals surface area contributed by atoms with Crippen molar-refractivity contribution in [3.05, 3.63) is 10.6 Å². The summed E-state index contributed by atoms with van der Waals surface area (Å²) in [6.45, 7) is 5.72. The lowest BCUT2D eigenvalue weighted by Crippen LogP contribution is -2.63. The molecule has 2 amide bonds. The van der Waals surface area contributed by atoms with E-state index in [4.69, 9.17) is 0 Å². The van der Waals surface area contributed by atoms with Gasteiger partial charge in [-0.1, -0.05) is 6.92 Å². The average Bonchev–Trinajstić information content (AvgIpc) is 3.29. The average molecular weight is 491 g/mol. The number of aliphatic carboxylic acids is 1. The van der Waals surface area contributed by atoms with Gasteiger partial charge < -0.3 is 35.8 Å². The number of aliphatic hydroxyl groups is 2. The lowest BCUT2D eigenvalue weighted by atomic mass is 9.79. The Morgan fingerprint density at radius 3 is 2.66 bits per heavy atom. The summed E-state index contributed by atoms with van der Waals surface area (Å²) in [5.41, 5.74) is 0.0154. The van der Waals surface area contributed by atoms with E-state index in [0.29, 0.717) is 37.5 Å². The fourth-order valence-corrected chi connectivity index (χ4v) is 6.73. The summed E-state index contributed by atoms with van der Waals surface area (Å²) in [6.07, 6.45) is -0.281. The van der Waals surface area contributed by atoms with Crippen LogP contribution in [0.3, 0.4) is 0 Å². The van der Waals surface area contributed by atoms with Gasteiger partial charge in [0.2, 0.25) is 11.8 Å². The van der Waals surface area contributed by atoms with Gasteiger partial charge in [0.15, 0.2) is 0 Å². The number of aliphatic hydroxyl groups excluding tert-OH is 2. The molecule has 5 N–H and O–H groups in total. The van der Waals surface area contributed by atoms with E-state index < -0.39 is 18.0 Å². The monoisotopic (exact) mass is 490 g/mol. The van der Waals surface area contributed by atoms with E-state index in [0.717, 1.165) is 0 Å². The maximum atomic E-state index is 13.0. The number of thioether (sulfide) groups is 1. The fourth-order valence-electron chi connectivity index (χ4n) is 5.25. The van der Waals surface area contributed by atoms with Gasteiger partial charge in [-0.05, 0) is 13.3 Å². The van der Waals surface area contributed by atoms with Crippen LogP contribution in [0.1, 0.15) is 20.3 Å². The van der Waals surface area contributed by atoms with E-state index in [2.05, 4.69) is 10.6 Å². The van der Waals surface area contributed by atoms with Crippen molar-refractivity contribution in [3.63, 3.8) is 0 Å². The van der Waals surface area contributed by atoms with Crippen molar-refractivity contribution < 1.29 is 29.7 Å².